The summed E-state index contributed by atoms with van der Waals surface area (Å²) in [4.78, 5) is 0. The average Bonchev–Trinajstić information content (AvgIpc) is 2.49. The minimum absolute atomic E-state index is 0.624. The predicted molar refractivity (Wildman–Crippen MR) is 87.1 cm³/mol. The second kappa shape index (κ2) is 10.9. The molecule has 0 radical (unpaired) electrons. The lowest BCUT2D eigenvalue weighted by atomic mass is 10.0. The fraction of sp³-hybridized carbons (Fsp3) is 0.667. The third kappa shape index (κ3) is 7.66. The fourth-order valence-electron chi connectivity index (χ4n) is 2.15. The van der Waals surface area contributed by atoms with Crippen LogP contribution in [0.2, 0.25) is 0 Å². The van der Waals surface area contributed by atoms with Crippen LogP contribution in [-0.4, -0.2) is 25.8 Å². The second-order valence-corrected chi connectivity index (χ2v) is 5.68. The molecular weight excluding hydrogens is 246 g/mol. The third-order valence-corrected chi connectivity index (χ3v) is 4.06. The smallest absolute Gasteiger partial charge is 0.0506 e. The molecule has 0 saturated carbocycles. The minimum Gasteiger partial charge on any atom is -0.381 e. The fourth-order valence-corrected chi connectivity index (χ4v) is 2.15. The summed E-state index contributed by atoms with van der Waals surface area (Å²) in [6.45, 7) is 9.67. The van der Waals surface area contributed by atoms with Crippen molar-refractivity contribution in [2.45, 2.75) is 52.5 Å². The van der Waals surface area contributed by atoms with Gasteiger partial charge in [0.15, 0.2) is 0 Å². The molecule has 2 heteroatoms. The van der Waals surface area contributed by atoms with Gasteiger partial charge in [-0.25, -0.2) is 0 Å². The number of hydrogen-bond acceptors (Lipinski definition) is 2. The molecule has 0 spiro atoms. The van der Waals surface area contributed by atoms with Crippen molar-refractivity contribution in [3.8, 4) is 0 Å². The molecule has 0 amide bonds. The normalized spacial score (nSPS) is 14.2. The van der Waals surface area contributed by atoms with Crippen molar-refractivity contribution >= 4 is 0 Å². The minimum atomic E-state index is 0.624. The molecule has 0 aliphatic rings. The van der Waals surface area contributed by atoms with Crippen molar-refractivity contribution in [2.75, 3.05) is 19.8 Å². The maximum absolute atomic E-state index is 5.69. The Morgan fingerprint density at radius 2 is 1.80 bits per heavy atom. The Kier molecular flexibility index (Phi) is 9.35. The summed E-state index contributed by atoms with van der Waals surface area (Å²) in [7, 11) is 0. The van der Waals surface area contributed by atoms with Crippen molar-refractivity contribution in [1.29, 1.82) is 0 Å². The molecule has 2 unspecified atom stereocenters. The molecule has 1 aromatic carbocycles. The van der Waals surface area contributed by atoms with E-state index < -0.39 is 0 Å². The highest BCUT2D eigenvalue weighted by Gasteiger charge is 2.07. The average molecular weight is 277 g/mol. The lowest BCUT2D eigenvalue weighted by Crippen LogP contribution is -2.32. The van der Waals surface area contributed by atoms with Gasteiger partial charge in [0.1, 0.15) is 0 Å². The van der Waals surface area contributed by atoms with Crippen molar-refractivity contribution in [1.82, 2.24) is 5.32 Å². The van der Waals surface area contributed by atoms with Crippen LogP contribution < -0.4 is 5.32 Å². The zero-order valence-electron chi connectivity index (χ0n) is 13.4. The number of hydrogen-bond donors (Lipinski definition) is 1. The first kappa shape index (κ1) is 17.2. The molecule has 1 N–H and O–H groups in total. The largest absolute Gasteiger partial charge is 0.381 e. The molecular formula is C18H31NO. The quantitative estimate of drug-likeness (QED) is 0.616. The van der Waals surface area contributed by atoms with Crippen LogP contribution >= 0.6 is 0 Å². The molecule has 0 fully saturated rings. The van der Waals surface area contributed by atoms with Gasteiger partial charge in [-0.3, -0.25) is 0 Å². The molecule has 114 valence electrons. The lowest BCUT2D eigenvalue weighted by molar-refractivity contribution is 0.133. The van der Waals surface area contributed by atoms with Crippen LogP contribution in [0.1, 0.15) is 45.6 Å². The molecule has 0 aromatic heterocycles. The number of rotatable bonds is 11. The Morgan fingerprint density at radius 1 is 1.05 bits per heavy atom. The van der Waals surface area contributed by atoms with Crippen molar-refractivity contribution in [3.05, 3.63) is 35.9 Å². The predicted octanol–water partition coefficient (Wildman–Crippen LogP) is 4.05. The molecule has 0 heterocycles. The summed E-state index contributed by atoms with van der Waals surface area (Å²) in [6.07, 6.45) is 4.61. The monoisotopic (exact) mass is 277 g/mol. The van der Waals surface area contributed by atoms with E-state index in [1.54, 1.807) is 0 Å². The lowest BCUT2D eigenvalue weighted by Gasteiger charge is -2.19. The molecule has 2 nitrogen and oxygen atoms in total. The van der Waals surface area contributed by atoms with Crippen molar-refractivity contribution in [3.63, 3.8) is 0 Å². The molecule has 0 aliphatic heterocycles. The zero-order valence-corrected chi connectivity index (χ0v) is 13.4. The van der Waals surface area contributed by atoms with E-state index in [0.29, 0.717) is 6.04 Å². The van der Waals surface area contributed by atoms with Crippen LogP contribution in [0.25, 0.3) is 0 Å². The topological polar surface area (TPSA) is 21.3 Å². The second-order valence-electron chi connectivity index (χ2n) is 5.68. The Bertz CT molecular complexity index is 325. The van der Waals surface area contributed by atoms with Crippen molar-refractivity contribution < 1.29 is 4.74 Å². The summed E-state index contributed by atoms with van der Waals surface area (Å²) in [5.74, 6) is 0.761. The molecule has 20 heavy (non-hydrogen) atoms. The standard InChI is InChI=1S/C18H31NO/c1-4-16(2)17(3)19-13-8-9-14-20-15-12-18-10-6-5-7-11-18/h5-7,10-11,16-17,19H,4,8-9,12-15H2,1-3H3. The van der Waals surface area contributed by atoms with Gasteiger partial charge < -0.3 is 10.1 Å². The van der Waals surface area contributed by atoms with Gasteiger partial charge in [0, 0.05) is 12.6 Å². The third-order valence-electron chi connectivity index (χ3n) is 4.06. The van der Waals surface area contributed by atoms with E-state index in [1.165, 1.54) is 18.4 Å². The molecule has 2 atom stereocenters. The van der Waals surface area contributed by atoms with Gasteiger partial charge in [0.2, 0.25) is 0 Å². The van der Waals surface area contributed by atoms with Crippen LogP contribution in [0.5, 0.6) is 0 Å². The molecule has 0 aliphatic carbocycles. The van der Waals surface area contributed by atoms with Crippen LogP contribution in [0, 0.1) is 5.92 Å². The van der Waals surface area contributed by atoms with Crippen LogP contribution in [0.15, 0.2) is 30.3 Å². The van der Waals surface area contributed by atoms with E-state index >= 15 is 0 Å². The summed E-state index contributed by atoms with van der Waals surface area (Å²) in [5.41, 5.74) is 1.36. The SMILES string of the molecule is CCC(C)C(C)NCCCCOCCc1ccccc1. The highest BCUT2D eigenvalue weighted by atomic mass is 16.5. The molecule has 0 bridgehead atoms. The van der Waals surface area contributed by atoms with Gasteiger partial charge in [-0.15, -0.1) is 0 Å². The number of nitrogens with one attached hydrogen (secondary N) is 1. The zero-order chi connectivity index (χ0) is 14.6. The van der Waals surface area contributed by atoms with Gasteiger partial charge in [0.05, 0.1) is 6.61 Å². The summed E-state index contributed by atoms with van der Waals surface area (Å²) >= 11 is 0. The van der Waals surface area contributed by atoms with Gasteiger partial charge in [-0.2, -0.15) is 0 Å². The maximum Gasteiger partial charge on any atom is 0.0506 e. The Morgan fingerprint density at radius 3 is 2.50 bits per heavy atom. The van der Waals surface area contributed by atoms with E-state index in [2.05, 4.69) is 56.4 Å². The van der Waals surface area contributed by atoms with E-state index in [-0.39, 0.29) is 0 Å². The molecule has 1 aromatic rings. The van der Waals surface area contributed by atoms with E-state index in [9.17, 15) is 0 Å². The van der Waals surface area contributed by atoms with Crippen LogP contribution in [0.3, 0.4) is 0 Å². The number of benzene rings is 1. The van der Waals surface area contributed by atoms with Crippen LogP contribution in [-0.2, 0) is 11.2 Å². The van der Waals surface area contributed by atoms with E-state index in [0.717, 1.165) is 38.5 Å². The Labute approximate surface area is 124 Å². The van der Waals surface area contributed by atoms with Gasteiger partial charge >= 0.3 is 0 Å². The van der Waals surface area contributed by atoms with Gasteiger partial charge in [-0.1, -0.05) is 50.6 Å². The number of ether oxygens (including phenoxy) is 1. The van der Waals surface area contributed by atoms with Gasteiger partial charge in [-0.05, 0) is 44.2 Å². The summed E-state index contributed by atoms with van der Waals surface area (Å²) < 4.78 is 5.69. The highest BCUT2D eigenvalue weighted by Crippen LogP contribution is 2.06. The molecule has 0 saturated heterocycles. The van der Waals surface area contributed by atoms with Crippen molar-refractivity contribution in [2.24, 2.45) is 5.92 Å². The maximum atomic E-state index is 5.69. The summed E-state index contributed by atoms with van der Waals surface area (Å²) in [5, 5.41) is 3.59. The van der Waals surface area contributed by atoms with E-state index in [1.807, 2.05) is 0 Å². The summed E-state index contributed by atoms with van der Waals surface area (Å²) in [6, 6.07) is 11.2. The Balaban J connectivity index is 1.90. The van der Waals surface area contributed by atoms with E-state index in [4.69, 9.17) is 4.74 Å². The highest BCUT2D eigenvalue weighted by molar-refractivity contribution is 5.14. The first-order valence-corrected chi connectivity index (χ1v) is 8.09. The van der Waals surface area contributed by atoms with Gasteiger partial charge in [0.25, 0.3) is 0 Å². The first-order chi connectivity index (χ1) is 9.74. The molecule has 1 rings (SSSR count). The Hall–Kier alpha value is -0.860. The number of unbranched alkanes of at least 4 members (excludes halogenated alkanes) is 1. The first-order valence-electron chi connectivity index (χ1n) is 8.09. The van der Waals surface area contributed by atoms with Crippen LogP contribution in [0.4, 0.5) is 0 Å².